The summed E-state index contributed by atoms with van der Waals surface area (Å²) in [6.45, 7) is 6.28. The van der Waals surface area contributed by atoms with Gasteiger partial charge in [-0.3, -0.25) is 9.69 Å². The fraction of sp³-hybridized carbons (Fsp3) is 0.500. The van der Waals surface area contributed by atoms with Crippen LogP contribution in [0.25, 0.3) is 0 Å². The molecule has 2 unspecified atom stereocenters. The second-order valence-corrected chi connectivity index (χ2v) is 8.17. The van der Waals surface area contributed by atoms with Crippen LogP contribution in [0.15, 0.2) is 42.7 Å². The van der Waals surface area contributed by atoms with E-state index in [1.54, 1.807) is 11.2 Å². The lowest BCUT2D eigenvalue weighted by molar-refractivity contribution is -0.129. The maximum absolute atomic E-state index is 12.0. The van der Waals surface area contributed by atoms with Gasteiger partial charge in [0.05, 0.1) is 6.54 Å². The first-order valence-corrected chi connectivity index (χ1v) is 10.4. The Balaban J connectivity index is 1.34. The number of nitrogens with one attached hydrogen (secondary N) is 1. The molecule has 0 spiro atoms. The van der Waals surface area contributed by atoms with E-state index >= 15 is 0 Å². The molecule has 0 aliphatic carbocycles. The Hall–Kier alpha value is -2.67. The van der Waals surface area contributed by atoms with Crippen LogP contribution in [0, 0.1) is 0 Å². The highest BCUT2D eigenvalue weighted by atomic mass is 16.2. The molecule has 1 amide bonds. The number of hydrogen-bond donors (Lipinski definition) is 1. The summed E-state index contributed by atoms with van der Waals surface area (Å²) in [5.74, 6) is 1.79. The molecule has 7 heteroatoms. The molecular formula is C22H30N6O. The van der Waals surface area contributed by atoms with Gasteiger partial charge >= 0.3 is 0 Å². The minimum Gasteiger partial charge on any atom is -0.367 e. The van der Waals surface area contributed by atoms with Gasteiger partial charge in [0.15, 0.2) is 0 Å². The first-order valence-electron chi connectivity index (χ1n) is 10.4. The Morgan fingerprint density at radius 1 is 1.14 bits per heavy atom. The number of benzene rings is 1. The van der Waals surface area contributed by atoms with E-state index in [0.29, 0.717) is 18.6 Å². The second-order valence-electron chi connectivity index (χ2n) is 8.17. The van der Waals surface area contributed by atoms with Crippen molar-refractivity contribution in [2.45, 2.75) is 38.4 Å². The van der Waals surface area contributed by atoms with E-state index < -0.39 is 0 Å². The van der Waals surface area contributed by atoms with E-state index in [1.165, 1.54) is 5.56 Å². The van der Waals surface area contributed by atoms with Crippen molar-refractivity contribution in [2.75, 3.05) is 43.4 Å². The van der Waals surface area contributed by atoms with Crippen LogP contribution in [-0.4, -0.2) is 71.0 Å². The van der Waals surface area contributed by atoms with Crippen LogP contribution in [0.1, 0.15) is 25.3 Å². The number of aromatic nitrogens is 2. The predicted octanol–water partition coefficient (Wildman–Crippen LogP) is 2.22. The number of likely N-dealkylation sites (N-methyl/N-ethyl adjacent to an activating group) is 1. The SMILES string of the molecule is CC1CC(Nc2cc(N3CCN(C)C(=O)C3)ncn2)CCN1Cc1ccccc1. The van der Waals surface area contributed by atoms with Crippen molar-refractivity contribution < 1.29 is 4.79 Å². The van der Waals surface area contributed by atoms with Gasteiger partial charge in [0.2, 0.25) is 5.91 Å². The van der Waals surface area contributed by atoms with Crippen molar-refractivity contribution in [3.05, 3.63) is 48.3 Å². The predicted molar refractivity (Wildman–Crippen MR) is 115 cm³/mol. The lowest BCUT2D eigenvalue weighted by atomic mass is 9.97. The molecule has 2 aromatic rings. The van der Waals surface area contributed by atoms with Crippen LogP contribution in [-0.2, 0) is 11.3 Å². The van der Waals surface area contributed by atoms with Crippen molar-refractivity contribution in [3.63, 3.8) is 0 Å². The second kappa shape index (κ2) is 8.78. The van der Waals surface area contributed by atoms with Crippen molar-refractivity contribution in [1.82, 2.24) is 19.8 Å². The number of carbonyl (C=O) groups excluding carboxylic acids is 1. The molecule has 1 aromatic carbocycles. The lowest BCUT2D eigenvalue weighted by Gasteiger charge is -2.38. The summed E-state index contributed by atoms with van der Waals surface area (Å²) in [6.07, 6.45) is 3.76. The van der Waals surface area contributed by atoms with Crippen LogP contribution in [0.2, 0.25) is 0 Å². The molecule has 2 aliphatic rings. The van der Waals surface area contributed by atoms with Crippen molar-refractivity contribution in [3.8, 4) is 0 Å². The average Bonchev–Trinajstić information content (AvgIpc) is 2.73. The largest absolute Gasteiger partial charge is 0.367 e. The topological polar surface area (TPSA) is 64.6 Å². The molecule has 4 rings (SSSR count). The lowest BCUT2D eigenvalue weighted by Crippen LogP contribution is -2.48. The van der Waals surface area contributed by atoms with Gasteiger partial charge in [0.25, 0.3) is 0 Å². The van der Waals surface area contributed by atoms with Gasteiger partial charge in [-0.05, 0) is 25.3 Å². The highest BCUT2D eigenvalue weighted by molar-refractivity contribution is 5.82. The zero-order chi connectivity index (χ0) is 20.2. The van der Waals surface area contributed by atoms with Crippen LogP contribution in [0.3, 0.4) is 0 Å². The number of piperazine rings is 1. The fourth-order valence-electron chi connectivity index (χ4n) is 4.17. The van der Waals surface area contributed by atoms with Gasteiger partial charge in [0.1, 0.15) is 18.0 Å². The third-order valence-electron chi connectivity index (χ3n) is 6.03. The molecule has 29 heavy (non-hydrogen) atoms. The Morgan fingerprint density at radius 2 is 1.97 bits per heavy atom. The molecule has 3 heterocycles. The molecule has 0 radical (unpaired) electrons. The standard InChI is InChI=1S/C22H30N6O/c1-17-12-19(8-9-27(17)14-18-6-4-3-5-7-18)25-20-13-21(24-16-23-20)28-11-10-26(2)22(29)15-28/h3-7,13,16-17,19H,8-12,14-15H2,1-2H3,(H,23,24,25). The normalized spacial score (nSPS) is 23.3. The number of carbonyl (C=O) groups is 1. The number of anilines is 2. The minimum atomic E-state index is 0.129. The minimum absolute atomic E-state index is 0.129. The molecule has 1 N–H and O–H groups in total. The first-order chi connectivity index (χ1) is 14.1. The third kappa shape index (κ3) is 4.85. The summed E-state index contributed by atoms with van der Waals surface area (Å²) in [4.78, 5) is 27.1. The summed E-state index contributed by atoms with van der Waals surface area (Å²) in [5, 5.41) is 3.60. The molecule has 2 aliphatic heterocycles. The number of amides is 1. The molecule has 1 aromatic heterocycles. The van der Waals surface area contributed by atoms with Gasteiger partial charge in [-0.25, -0.2) is 9.97 Å². The molecule has 0 saturated carbocycles. The maximum Gasteiger partial charge on any atom is 0.241 e. The number of nitrogens with zero attached hydrogens (tertiary/aromatic N) is 5. The number of hydrogen-bond acceptors (Lipinski definition) is 6. The summed E-state index contributed by atoms with van der Waals surface area (Å²) >= 11 is 0. The molecule has 0 bridgehead atoms. The maximum atomic E-state index is 12.0. The number of rotatable bonds is 5. The van der Waals surface area contributed by atoms with E-state index in [4.69, 9.17) is 0 Å². The van der Waals surface area contributed by atoms with Gasteiger partial charge < -0.3 is 15.1 Å². The van der Waals surface area contributed by atoms with E-state index in [1.807, 2.05) is 18.0 Å². The van der Waals surface area contributed by atoms with Crippen LogP contribution < -0.4 is 10.2 Å². The van der Waals surface area contributed by atoms with E-state index in [2.05, 4.69) is 57.4 Å². The highest BCUT2D eigenvalue weighted by Gasteiger charge is 2.26. The molecule has 2 atom stereocenters. The van der Waals surface area contributed by atoms with E-state index in [-0.39, 0.29) is 5.91 Å². The molecular weight excluding hydrogens is 364 g/mol. The van der Waals surface area contributed by atoms with Crippen molar-refractivity contribution in [2.24, 2.45) is 0 Å². The van der Waals surface area contributed by atoms with Crippen LogP contribution in [0.4, 0.5) is 11.6 Å². The molecule has 154 valence electrons. The summed E-state index contributed by atoms with van der Waals surface area (Å²) in [6, 6.07) is 13.6. The summed E-state index contributed by atoms with van der Waals surface area (Å²) in [5.41, 5.74) is 1.37. The first kappa shape index (κ1) is 19.6. The summed E-state index contributed by atoms with van der Waals surface area (Å²) in [7, 11) is 1.85. The zero-order valence-corrected chi connectivity index (χ0v) is 17.3. The zero-order valence-electron chi connectivity index (χ0n) is 17.3. The number of piperidine rings is 1. The van der Waals surface area contributed by atoms with Gasteiger partial charge in [0, 0.05) is 51.4 Å². The number of likely N-dealkylation sites (tertiary alicyclic amines) is 1. The quantitative estimate of drug-likeness (QED) is 0.839. The molecule has 2 fully saturated rings. The average molecular weight is 395 g/mol. The van der Waals surface area contributed by atoms with Crippen molar-refractivity contribution >= 4 is 17.5 Å². The molecule has 2 saturated heterocycles. The fourth-order valence-corrected chi connectivity index (χ4v) is 4.17. The third-order valence-corrected chi connectivity index (χ3v) is 6.03. The van der Waals surface area contributed by atoms with Gasteiger partial charge in [-0.15, -0.1) is 0 Å². The van der Waals surface area contributed by atoms with E-state index in [9.17, 15) is 4.79 Å². The summed E-state index contributed by atoms with van der Waals surface area (Å²) < 4.78 is 0. The Labute approximate surface area is 172 Å². The van der Waals surface area contributed by atoms with Crippen molar-refractivity contribution in [1.29, 1.82) is 0 Å². The molecule has 7 nitrogen and oxygen atoms in total. The van der Waals surface area contributed by atoms with Gasteiger partial charge in [-0.1, -0.05) is 30.3 Å². The Bertz CT molecular complexity index is 829. The van der Waals surface area contributed by atoms with Crippen LogP contribution in [0.5, 0.6) is 0 Å². The van der Waals surface area contributed by atoms with Gasteiger partial charge in [-0.2, -0.15) is 0 Å². The Morgan fingerprint density at radius 3 is 2.72 bits per heavy atom. The monoisotopic (exact) mass is 394 g/mol. The van der Waals surface area contributed by atoms with E-state index in [0.717, 1.165) is 50.7 Å². The smallest absolute Gasteiger partial charge is 0.241 e. The van der Waals surface area contributed by atoms with Crippen LogP contribution >= 0.6 is 0 Å². The Kier molecular flexibility index (Phi) is 5.94. The highest BCUT2D eigenvalue weighted by Crippen LogP contribution is 2.23.